The summed E-state index contributed by atoms with van der Waals surface area (Å²) < 4.78 is 43.4. The number of nitrogens with one attached hydrogen (secondary N) is 1. The van der Waals surface area contributed by atoms with Gasteiger partial charge in [-0.3, -0.25) is 9.10 Å². The van der Waals surface area contributed by atoms with Crippen LogP contribution in [0, 0.1) is 12.7 Å². The van der Waals surface area contributed by atoms with Crippen LogP contribution < -0.4 is 9.62 Å². The van der Waals surface area contributed by atoms with Crippen molar-refractivity contribution in [2.75, 3.05) is 29.0 Å². The molecule has 0 atom stereocenters. The van der Waals surface area contributed by atoms with Gasteiger partial charge in [-0.15, -0.1) is 0 Å². The number of esters is 1. The Morgan fingerprint density at radius 3 is 2.40 bits per heavy atom. The number of ether oxygens (including phenoxy) is 1. The second-order valence-electron chi connectivity index (χ2n) is 6.71. The van der Waals surface area contributed by atoms with E-state index >= 15 is 0 Å². The smallest absolute Gasteiger partial charge is 0.338 e. The fourth-order valence-corrected chi connectivity index (χ4v) is 3.75. The van der Waals surface area contributed by atoms with Crippen molar-refractivity contribution in [1.82, 2.24) is 0 Å². The summed E-state index contributed by atoms with van der Waals surface area (Å²) in [4.78, 5) is 24.2. The first-order chi connectivity index (χ1) is 14.1. The molecule has 1 N–H and O–H groups in total. The van der Waals surface area contributed by atoms with Crippen molar-refractivity contribution in [3.63, 3.8) is 0 Å². The molecule has 0 bridgehead atoms. The maximum atomic E-state index is 13.1. The highest BCUT2D eigenvalue weighted by molar-refractivity contribution is 7.92. The molecule has 0 heterocycles. The van der Waals surface area contributed by atoms with Crippen molar-refractivity contribution in [2.45, 2.75) is 26.7 Å². The van der Waals surface area contributed by atoms with Crippen LogP contribution >= 0.6 is 0 Å². The van der Waals surface area contributed by atoms with Crippen LogP contribution in [0.4, 0.5) is 15.8 Å². The van der Waals surface area contributed by atoms with E-state index in [1.807, 2.05) is 0 Å². The van der Waals surface area contributed by atoms with Crippen LogP contribution in [-0.2, 0) is 19.6 Å². The van der Waals surface area contributed by atoms with Gasteiger partial charge in [-0.05, 0) is 62.2 Å². The zero-order chi connectivity index (χ0) is 22.3. The molecule has 0 fully saturated rings. The molecule has 2 aromatic rings. The number of hydrogen-bond acceptors (Lipinski definition) is 5. The maximum absolute atomic E-state index is 13.1. The Hall–Kier alpha value is -2.94. The Labute approximate surface area is 175 Å². The number of sulfonamides is 1. The van der Waals surface area contributed by atoms with Gasteiger partial charge in [0.2, 0.25) is 15.9 Å². The minimum Gasteiger partial charge on any atom is -0.462 e. The summed E-state index contributed by atoms with van der Waals surface area (Å²) in [6.45, 7) is 3.82. The average molecular weight is 437 g/mol. The third-order valence-corrected chi connectivity index (χ3v) is 5.50. The largest absolute Gasteiger partial charge is 0.462 e. The molecule has 0 spiro atoms. The van der Waals surface area contributed by atoms with Crippen LogP contribution in [0.15, 0.2) is 42.5 Å². The first kappa shape index (κ1) is 23.3. The number of aryl methyl sites for hydroxylation is 1. The maximum Gasteiger partial charge on any atom is 0.338 e. The summed E-state index contributed by atoms with van der Waals surface area (Å²) in [5.41, 5.74) is 1.93. The average Bonchev–Trinajstić information content (AvgIpc) is 2.67. The summed E-state index contributed by atoms with van der Waals surface area (Å²) in [5.74, 6) is -1.25. The number of hydrogen-bond donors (Lipinski definition) is 1. The number of carbonyl (C=O) groups is 2. The molecule has 0 saturated heterocycles. The normalized spacial score (nSPS) is 11.1. The molecule has 0 aliphatic carbocycles. The van der Waals surface area contributed by atoms with E-state index in [1.54, 1.807) is 32.0 Å². The second kappa shape index (κ2) is 10.2. The number of anilines is 2. The minimum atomic E-state index is -3.59. The molecule has 162 valence electrons. The lowest BCUT2D eigenvalue weighted by atomic mass is 10.1. The molecule has 9 heteroatoms. The van der Waals surface area contributed by atoms with Crippen molar-refractivity contribution >= 4 is 33.3 Å². The van der Waals surface area contributed by atoms with Crippen LogP contribution in [0.5, 0.6) is 0 Å². The number of halogens is 1. The Kier molecular flexibility index (Phi) is 7.93. The van der Waals surface area contributed by atoms with E-state index in [-0.39, 0.29) is 31.9 Å². The molecule has 0 aliphatic heterocycles. The summed E-state index contributed by atoms with van der Waals surface area (Å²) >= 11 is 0. The first-order valence-corrected chi connectivity index (χ1v) is 11.3. The van der Waals surface area contributed by atoms with Gasteiger partial charge >= 0.3 is 5.97 Å². The van der Waals surface area contributed by atoms with Crippen molar-refractivity contribution in [3.05, 3.63) is 59.4 Å². The Morgan fingerprint density at radius 2 is 1.80 bits per heavy atom. The topological polar surface area (TPSA) is 92.8 Å². The summed E-state index contributed by atoms with van der Waals surface area (Å²) in [7, 11) is -3.59. The van der Waals surface area contributed by atoms with E-state index in [1.165, 1.54) is 24.3 Å². The number of rotatable bonds is 9. The highest BCUT2D eigenvalue weighted by Crippen LogP contribution is 2.20. The van der Waals surface area contributed by atoms with Gasteiger partial charge in [-0.1, -0.05) is 6.07 Å². The van der Waals surface area contributed by atoms with Crippen molar-refractivity contribution < 1.29 is 27.1 Å². The predicted octanol–water partition coefficient (Wildman–Crippen LogP) is 3.50. The molecule has 2 aromatic carbocycles. The molecular weight excluding hydrogens is 411 g/mol. The Balaban J connectivity index is 2.00. The highest BCUT2D eigenvalue weighted by atomic mass is 32.2. The van der Waals surface area contributed by atoms with Gasteiger partial charge in [0.05, 0.1) is 24.1 Å². The zero-order valence-electron chi connectivity index (χ0n) is 17.1. The van der Waals surface area contributed by atoms with E-state index in [2.05, 4.69) is 5.32 Å². The molecule has 2 rings (SSSR count). The Morgan fingerprint density at radius 1 is 1.13 bits per heavy atom. The fourth-order valence-electron chi connectivity index (χ4n) is 2.79. The SMILES string of the molecule is CCOC(=O)c1ccc(C)c(NC(=O)CCCN(c2ccc(F)cc2)S(C)(=O)=O)c1. The van der Waals surface area contributed by atoms with Gasteiger partial charge in [0, 0.05) is 18.7 Å². The quantitative estimate of drug-likeness (QED) is 0.608. The number of benzene rings is 2. The second-order valence-corrected chi connectivity index (χ2v) is 8.62. The monoisotopic (exact) mass is 436 g/mol. The first-order valence-electron chi connectivity index (χ1n) is 9.42. The minimum absolute atomic E-state index is 0.0658. The van der Waals surface area contributed by atoms with Crippen molar-refractivity contribution in [3.8, 4) is 0 Å². The molecule has 1 amide bonds. The third-order valence-electron chi connectivity index (χ3n) is 4.30. The van der Waals surface area contributed by atoms with Crippen molar-refractivity contribution in [1.29, 1.82) is 0 Å². The van der Waals surface area contributed by atoms with Gasteiger partial charge in [-0.25, -0.2) is 17.6 Å². The standard InChI is InChI=1S/C21H25FN2O5S/c1-4-29-21(26)16-8-7-15(2)19(14-16)23-20(25)6-5-13-24(30(3,27)28)18-11-9-17(22)10-12-18/h7-12,14H,4-6,13H2,1-3H3,(H,23,25). The van der Waals surface area contributed by atoms with Gasteiger partial charge in [-0.2, -0.15) is 0 Å². The summed E-state index contributed by atoms with van der Waals surface area (Å²) in [6, 6.07) is 9.99. The van der Waals surface area contributed by atoms with Gasteiger partial charge in [0.15, 0.2) is 0 Å². The molecular formula is C21H25FN2O5S. The van der Waals surface area contributed by atoms with Gasteiger partial charge in [0.25, 0.3) is 0 Å². The van der Waals surface area contributed by atoms with E-state index < -0.39 is 21.8 Å². The van der Waals surface area contributed by atoms with Crippen LogP contribution in [-0.4, -0.2) is 39.7 Å². The van der Waals surface area contributed by atoms with E-state index in [4.69, 9.17) is 4.74 Å². The Bertz CT molecular complexity index is 1010. The summed E-state index contributed by atoms with van der Waals surface area (Å²) in [6.07, 6.45) is 1.38. The highest BCUT2D eigenvalue weighted by Gasteiger charge is 2.18. The van der Waals surface area contributed by atoms with Gasteiger partial charge < -0.3 is 10.1 Å². The molecule has 7 nitrogen and oxygen atoms in total. The third kappa shape index (κ3) is 6.55. The zero-order valence-corrected chi connectivity index (χ0v) is 18.0. The lowest BCUT2D eigenvalue weighted by molar-refractivity contribution is -0.116. The van der Waals surface area contributed by atoms with Crippen LogP contribution in [0.2, 0.25) is 0 Å². The van der Waals surface area contributed by atoms with E-state index in [0.29, 0.717) is 16.9 Å². The molecule has 0 aliphatic rings. The van der Waals surface area contributed by atoms with Gasteiger partial charge in [0.1, 0.15) is 5.82 Å². The lowest BCUT2D eigenvalue weighted by Crippen LogP contribution is -2.31. The molecule has 0 unspecified atom stereocenters. The van der Waals surface area contributed by atoms with E-state index in [9.17, 15) is 22.4 Å². The number of amides is 1. The summed E-state index contributed by atoms with van der Waals surface area (Å²) in [5, 5.41) is 2.74. The predicted molar refractivity (Wildman–Crippen MR) is 114 cm³/mol. The molecule has 30 heavy (non-hydrogen) atoms. The molecule has 0 aromatic heterocycles. The van der Waals surface area contributed by atoms with E-state index in [0.717, 1.165) is 16.1 Å². The lowest BCUT2D eigenvalue weighted by Gasteiger charge is -2.22. The molecule has 0 saturated carbocycles. The number of nitrogens with zero attached hydrogens (tertiary/aromatic N) is 1. The number of carbonyl (C=O) groups excluding carboxylic acids is 2. The van der Waals surface area contributed by atoms with Crippen molar-refractivity contribution in [2.24, 2.45) is 0 Å². The van der Waals surface area contributed by atoms with Crippen LogP contribution in [0.1, 0.15) is 35.7 Å². The van der Waals surface area contributed by atoms with Crippen LogP contribution in [0.3, 0.4) is 0 Å². The molecule has 0 radical (unpaired) electrons. The van der Waals surface area contributed by atoms with Crippen LogP contribution in [0.25, 0.3) is 0 Å². The fraction of sp³-hybridized carbons (Fsp3) is 0.333.